The smallest absolute Gasteiger partial charge is 0.312 e. The highest BCUT2D eigenvalue weighted by Gasteiger charge is 2.27. The minimum Gasteiger partial charge on any atom is -0.312 e. The quantitative estimate of drug-likeness (QED) is 0.638. The van der Waals surface area contributed by atoms with Gasteiger partial charge in [-0.15, -0.1) is 0 Å². The summed E-state index contributed by atoms with van der Waals surface area (Å²) in [4.78, 5) is 32.9. The molecular formula is C21H27N5O2. The van der Waals surface area contributed by atoms with E-state index in [2.05, 4.69) is 30.9 Å². The molecule has 2 aromatic heterocycles. The Balaban J connectivity index is 1.92. The highest BCUT2D eigenvalue weighted by molar-refractivity contribution is 5.77. The van der Waals surface area contributed by atoms with E-state index >= 15 is 0 Å². The number of aromatic nitrogens is 4. The van der Waals surface area contributed by atoms with Gasteiger partial charge < -0.3 is 9.47 Å². The fourth-order valence-electron chi connectivity index (χ4n) is 4.08. The zero-order valence-corrected chi connectivity index (χ0v) is 16.8. The van der Waals surface area contributed by atoms with Crippen molar-refractivity contribution >= 4 is 22.8 Å². The normalized spacial score (nSPS) is 13.9. The van der Waals surface area contributed by atoms with Crippen LogP contribution in [0, 0.1) is 6.92 Å². The Bertz CT molecular complexity index is 1140. The molecule has 148 valence electrons. The molecule has 0 bridgehead atoms. The number of anilines is 2. The Morgan fingerprint density at radius 1 is 1.11 bits per heavy atom. The van der Waals surface area contributed by atoms with Crippen LogP contribution in [0.3, 0.4) is 0 Å². The Hall–Kier alpha value is -2.83. The SMILES string of the molecule is CCCCCn1c(=O)c2c(nc3n2CCCN3c2ccccc2C)n(C)c1=O. The molecular weight excluding hydrogens is 354 g/mol. The van der Waals surface area contributed by atoms with Crippen LogP contribution in [0.1, 0.15) is 38.2 Å². The maximum absolute atomic E-state index is 13.2. The van der Waals surface area contributed by atoms with Gasteiger partial charge in [-0.25, -0.2) is 4.79 Å². The first-order chi connectivity index (χ1) is 13.5. The molecule has 0 atom stereocenters. The van der Waals surface area contributed by atoms with Crippen molar-refractivity contribution < 1.29 is 0 Å². The second kappa shape index (κ2) is 7.30. The summed E-state index contributed by atoms with van der Waals surface area (Å²) in [6.45, 7) is 6.21. The van der Waals surface area contributed by atoms with Crippen LogP contribution in [-0.2, 0) is 20.1 Å². The van der Waals surface area contributed by atoms with Gasteiger partial charge in [0.1, 0.15) is 0 Å². The van der Waals surface area contributed by atoms with Gasteiger partial charge in [-0.05, 0) is 31.4 Å². The molecule has 0 spiro atoms. The molecule has 0 amide bonds. The van der Waals surface area contributed by atoms with Gasteiger partial charge in [0, 0.05) is 32.4 Å². The number of hydrogen-bond donors (Lipinski definition) is 0. The lowest BCUT2D eigenvalue weighted by Crippen LogP contribution is -2.40. The number of benzene rings is 1. The lowest BCUT2D eigenvalue weighted by atomic mass is 10.1. The largest absolute Gasteiger partial charge is 0.332 e. The van der Waals surface area contributed by atoms with Crippen LogP contribution >= 0.6 is 0 Å². The molecule has 3 aromatic rings. The molecule has 7 heteroatoms. The molecule has 7 nitrogen and oxygen atoms in total. The van der Waals surface area contributed by atoms with E-state index in [0.29, 0.717) is 17.7 Å². The van der Waals surface area contributed by atoms with Crippen molar-refractivity contribution in [3.05, 3.63) is 50.7 Å². The van der Waals surface area contributed by atoms with E-state index in [-0.39, 0.29) is 11.2 Å². The van der Waals surface area contributed by atoms with Crippen molar-refractivity contribution in [2.24, 2.45) is 7.05 Å². The molecule has 1 aromatic carbocycles. The zero-order chi connectivity index (χ0) is 19.8. The average molecular weight is 381 g/mol. The lowest BCUT2D eigenvalue weighted by molar-refractivity contribution is 0.546. The third kappa shape index (κ3) is 2.85. The number of aryl methyl sites for hydroxylation is 3. The van der Waals surface area contributed by atoms with E-state index in [0.717, 1.165) is 56.0 Å². The minimum atomic E-state index is -0.286. The third-order valence-electron chi connectivity index (χ3n) is 5.61. The summed E-state index contributed by atoms with van der Waals surface area (Å²) in [5.74, 6) is 0.744. The summed E-state index contributed by atoms with van der Waals surface area (Å²) in [5, 5.41) is 0. The van der Waals surface area contributed by atoms with Gasteiger partial charge >= 0.3 is 5.69 Å². The molecule has 0 radical (unpaired) electrons. The number of rotatable bonds is 5. The van der Waals surface area contributed by atoms with E-state index in [1.54, 1.807) is 7.05 Å². The Kier molecular flexibility index (Phi) is 4.83. The van der Waals surface area contributed by atoms with E-state index in [9.17, 15) is 9.59 Å². The number of fused-ring (bicyclic) bond motifs is 3. The minimum absolute atomic E-state index is 0.223. The number of imidazole rings is 1. The van der Waals surface area contributed by atoms with Gasteiger partial charge in [-0.1, -0.05) is 38.0 Å². The lowest BCUT2D eigenvalue weighted by Gasteiger charge is -2.30. The number of hydrogen-bond acceptors (Lipinski definition) is 4. The molecule has 0 saturated heterocycles. The van der Waals surface area contributed by atoms with Crippen LogP contribution in [0.5, 0.6) is 0 Å². The molecule has 4 rings (SSSR count). The summed E-state index contributed by atoms with van der Waals surface area (Å²) in [7, 11) is 1.71. The summed E-state index contributed by atoms with van der Waals surface area (Å²) in [6, 6.07) is 8.19. The van der Waals surface area contributed by atoms with E-state index in [4.69, 9.17) is 4.98 Å². The fraction of sp³-hybridized carbons (Fsp3) is 0.476. The monoisotopic (exact) mass is 381 g/mol. The van der Waals surface area contributed by atoms with Crippen LogP contribution < -0.4 is 16.1 Å². The molecule has 0 fully saturated rings. The van der Waals surface area contributed by atoms with Crippen LogP contribution in [-0.4, -0.2) is 25.2 Å². The van der Waals surface area contributed by atoms with E-state index in [1.165, 1.54) is 9.13 Å². The van der Waals surface area contributed by atoms with Crippen LogP contribution in [0.25, 0.3) is 11.2 Å². The maximum atomic E-state index is 13.2. The topological polar surface area (TPSA) is 65.1 Å². The van der Waals surface area contributed by atoms with Crippen molar-refractivity contribution in [3.8, 4) is 0 Å². The highest BCUT2D eigenvalue weighted by Crippen LogP contribution is 2.32. The van der Waals surface area contributed by atoms with Crippen LogP contribution in [0.2, 0.25) is 0 Å². The number of para-hydroxylation sites is 1. The highest BCUT2D eigenvalue weighted by atomic mass is 16.2. The summed E-state index contributed by atoms with van der Waals surface area (Å²) in [6.07, 6.45) is 3.79. The summed E-state index contributed by atoms with van der Waals surface area (Å²) >= 11 is 0. The van der Waals surface area contributed by atoms with Gasteiger partial charge in [0.05, 0.1) is 0 Å². The average Bonchev–Trinajstić information content (AvgIpc) is 3.09. The Morgan fingerprint density at radius 2 is 1.89 bits per heavy atom. The van der Waals surface area contributed by atoms with Crippen molar-refractivity contribution in [2.45, 2.75) is 52.6 Å². The van der Waals surface area contributed by atoms with Gasteiger partial charge in [0.15, 0.2) is 11.2 Å². The first-order valence-electron chi connectivity index (χ1n) is 10.1. The first-order valence-corrected chi connectivity index (χ1v) is 10.1. The zero-order valence-electron chi connectivity index (χ0n) is 16.8. The van der Waals surface area contributed by atoms with Gasteiger partial charge in [-0.3, -0.25) is 13.9 Å². The molecule has 3 heterocycles. The maximum Gasteiger partial charge on any atom is 0.332 e. The molecule has 0 unspecified atom stereocenters. The van der Waals surface area contributed by atoms with Gasteiger partial charge in [0.25, 0.3) is 5.56 Å². The van der Waals surface area contributed by atoms with Crippen molar-refractivity contribution in [2.75, 3.05) is 11.4 Å². The molecule has 1 aliphatic rings. The van der Waals surface area contributed by atoms with E-state index in [1.807, 2.05) is 16.7 Å². The molecule has 28 heavy (non-hydrogen) atoms. The van der Waals surface area contributed by atoms with Crippen LogP contribution in [0.15, 0.2) is 33.9 Å². The molecule has 0 aliphatic carbocycles. The predicted molar refractivity (Wildman–Crippen MR) is 112 cm³/mol. The van der Waals surface area contributed by atoms with Crippen molar-refractivity contribution in [1.82, 2.24) is 18.7 Å². The van der Waals surface area contributed by atoms with E-state index < -0.39 is 0 Å². The third-order valence-corrected chi connectivity index (χ3v) is 5.61. The Morgan fingerprint density at radius 3 is 2.64 bits per heavy atom. The second-order valence-corrected chi connectivity index (χ2v) is 7.53. The molecule has 0 saturated carbocycles. The van der Waals surface area contributed by atoms with Crippen LogP contribution in [0.4, 0.5) is 11.6 Å². The summed E-state index contributed by atoms with van der Waals surface area (Å²) in [5.41, 5.74) is 2.75. The number of nitrogens with zero attached hydrogens (tertiary/aromatic N) is 5. The van der Waals surface area contributed by atoms with Gasteiger partial charge in [-0.2, -0.15) is 4.98 Å². The van der Waals surface area contributed by atoms with Crippen molar-refractivity contribution in [3.63, 3.8) is 0 Å². The molecule has 0 N–H and O–H groups in total. The predicted octanol–water partition coefficient (Wildman–Crippen LogP) is 2.94. The van der Waals surface area contributed by atoms with Gasteiger partial charge in [0.2, 0.25) is 5.95 Å². The molecule has 1 aliphatic heterocycles. The number of unbranched alkanes of at least 4 members (excludes halogenated alkanes) is 2. The second-order valence-electron chi connectivity index (χ2n) is 7.53. The fourth-order valence-corrected chi connectivity index (χ4v) is 4.08. The summed E-state index contributed by atoms with van der Waals surface area (Å²) < 4.78 is 4.88. The standard InChI is InChI=1S/C21H27N5O2/c1-4-5-8-12-26-19(27)17-18(23(3)21(26)28)22-20-24(13-9-14-25(17)20)16-11-7-6-10-15(16)2/h6-7,10-11H,4-5,8-9,12-14H2,1-3H3. The first kappa shape index (κ1) is 18.5. The van der Waals surface area contributed by atoms with Crippen molar-refractivity contribution in [1.29, 1.82) is 0 Å². The Labute approximate surface area is 163 Å².